The van der Waals surface area contributed by atoms with E-state index in [1.807, 2.05) is 6.92 Å². The summed E-state index contributed by atoms with van der Waals surface area (Å²) >= 11 is 0. The van der Waals surface area contributed by atoms with E-state index in [4.69, 9.17) is 0 Å². The van der Waals surface area contributed by atoms with Crippen LogP contribution in [-0.4, -0.2) is 10.7 Å². The summed E-state index contributed by atoms with van der Waals surface area (Å²) in [5.74, 6) is 1.30. The van der Waals surface area contributed by atoms with Gasteiger partial charge in [0, 0.05) is 0 Å². The van der Waals surface area contributed by atoms with Gasteiger partial charge in [-0.25, -0.2) is 0 Å². The lowest BCUT2D eigenvalue weighted by molar-refractivity contribution is -0.0365. The molecule has 0 amide bonds. The molecular weight excluding hydrogens is 124 g/mol. The molecule has 1 fully saturated rings. The average Bonchev–Trinajstić information content (AvgIpc) is 1.81. The van der Waals surface area contributed by atoms with Gasteiger partial charge in [-0.15, -0.1) is 0 Å². The van der Waals surface area contributed by atoms with Crippen molar-refractivity contribution in [1.29, 1.82) is 0 Å². The van der Waals surface area contributed by atoms with Crippen LogP contribution in [0.15, 0.2) is 0 Å². The molecule has 0 saturated heterocycles. The van der Waals surface area contributed by atoms with Gasteiger partial charge in [-0.1, -0.05) is 13.8 Å². The topological polar surface area (TPSA) is 20.2 Å². The van der Waals surface area contributed by atoms with Crippen molar-refractivity contribution < 1.29 is 5.11 Å². The van der Waals surface area contributed by atoms with Gasteiger partial charge in [0.15, 0.2) is 0 Å². The van der Waals surface area contributed by atoms with E-state index in [1.165, 1.54) is 12.8 Å². The molecule has 1 rings (SSSR count). The Kier molecular flexibility index (Phi) is 2.04. The quantitative estimate of drug-likeness (QED) is 0.549. The van der Waals surface area contributed by atoms with Gasteiger partial charge >= 0.3 is 0 Å². The number of rotatable bonds is 0. The number of hydrogen-bond donors (Lipinski definition) is 1. The molecule has 3 atom stereocenters. The molecule has 0 spiro atoms. The van der Waals surface area contributed by atoms with Crippen LogP contribution in [0.5, 0.6) is 0 Å². The van der Waals surface area contributed by atoms with Crippen LogP contribution in [0.3, 0.4) is 0 Å². The zero-order valence-corrected chi connectivity index (χ0v) is 7.22. The molecule has 0 heterocycles. The zero-order valence-electron chi connectivity index (χ0n) is 7.22. The maximum Gasteiger partial charge on any atom is 0.0645 e. The standard InChI is InChI=1S/C9H18O/c1-7-4-5-9(3,10)8(2)6-7/h7-8,10H,4-6H2,1-3H3. The molecule has 1 saturated carbocycles. The van der Waals surface area contributed by atoms with Gasteiger partial charge < -0.3 is 5.11 Å². The Morgan fingerprint density at radius 1 is 1.40 bits per heavy atom. The van der Waals surface area contributed by atoms with Crippen LogP contribution in [0.4, 0.5) is 0 Å². The fourth-order valence-corrected chi connectivity index (χ4v) is 1.76. The van der Waals surface area contributed by atoms with E-state index < -0.39 is 0 Å². The summed E-state index contributed by atoms with van der Waals surface area (Å²) in [4.78, 5) is 0. The smallest absolute Gasteiger partial charge is 0.0645 e. The zero-order chi connectivity index (χ0) is 7.78. The Morgan fingerprint density at radius 3 is 2.40 bits per heavy atom. The molecule has 0 bridgehead atoms. The lowest BCUT2D eigenvalue weighted by atomic mass is 9.73. The van der Waals surface area contributed by atoms with E-state index in [0.717, 1.165) is 12.3 Å². The van der Waals surface area contributed by atoms with Crippen molar-refractivity contribution in [3.05, 3.63) is 0 Å². The predicted octanol–water partition coefficient (Wildman–Crippen LogP) is 2.19. The first-order chi connectivity index (χ1) is 4.52. The maximum absolute atomic E-state index is 9.76. The lowest BCUT2D eigenvalue weighted by Crippen LogP contribution is -2.37. The van der Waals surface area contributed by atoms with Crippen LogP contribution in [0, 0.1) is 11.8 Å². The summed E-state index contributed by atoms with van der Waals surface area (Å²) < 4.78 is 0. The SMILES string of the molecule is CC1CCC(C)(O)C(C)C1. The number of aliphatic hydroxyl groups is 1. The van der Waals surface area contributed by atoms with Crippen molar-refractivity contribution in [3.63, 3.8) is 0 Å². The first-order valence-corrected chi connectivity index (χ1v) is 4.25. The Labute approximate surface area is 63.4 Å². The molecule has 0 radical (unpaired) electrons. The summed E-state index contributed by atoms with van der Waals surface area (Å²) in [6, 6.07) is 0. The Balaban J connectivity index is 2.52. The highest BCUT2D eigenvalue weighted by molar-refractivity contribution is 4.85. The predicted molar refractivity (Wildman–Crippen MR) is 42.8 cm³/mol. The second-order valence-electron chi connectivity index (χ2n) is 4.14. The van der Waals surface area contributed by atoms with Crippen molar-refractivity contribution in [2.75, 3.05) is 0 Å². The van der Waals surface area contributed by atoms with Gasteiger partial charge in [0.05, 0.1) is 5.60 Å². The summed E-state index contributed by atoms with van der Waals surface area (Å²) in [5.41, 5.74) is -0.382. The van der Waals surface area contributed by atoms with E-state index in [-0.39, 0.29) is 5.60 Å². The fourth-order valence-electron chi connectivity index (χ4n) is 1.76. The van der Waals surface area contributed by atoms with Gasteiger partial charge in [0.1, 0.15) is 0 Å². The summed E-state index contributed by atoms with van der Waals surface area (Å²) in [6.07, 6.45) is 3.36. The van der Waals surface area contributed by atoms with Crippen LogP contribution in [0.1, 0.15) is 40.0 Å². The highest BCUT2D eigenvalue weighted by atomic mass is 16.3. The fraction of sp³-hybridized carbons (Fsp3) is 1.00. The minimum absolute atomic E-state index is 0.382. The molecule has 1 aliphatic carbocycles. The molecule has 0 aromatic heterocycles. The van der Waals surface area contributed by atoms with Crippen molar-refractivity contribution >= 4 is 0 Å². The third kappa shape index (κ3) is 1.51. The van der Waals surface area contributed by atoms with Gasteiger partial charge in [0.25, 0.3) is 0 Å². The van der Waals surface area contributed by atoms with E-state index >= 15 is 0 Å². The van der Waals surface area contributed by atoms with Crippen molar-refractivity contribution in [3.8, 4) is 0 Å². The minimum Gasteiger partial charge on any atom is -0.390 e. The van der Waals surface area contributed by atoms with Gasteiger partial charge in [-0.2, -0.15) is 0 Å². The van der Waals surface area contributed by atoms with Crippen molar-refractivity contribution in [2.45, 2.75) is 45.6 Å². The molecule has 10 heavy (non-hydrogen) atoms. The third-order valence-corrected chi connectivity index (χ3v) is 2.96. The average molecular weight is 142 g/mol. The normalized spacial score (nSPS) is 49.2. The third-order valence-electron chi connectivity index (χ3n) is 2.96. The molecular formula is C9H18O. The van der Waals surface area contributed by atoms with Crippen molar-refractivity contribution in [2.24, 2.45) is 11.8 Å². The van der Waals surface area contributed by atoms with Crippen LogP contribution >= 0.6 is 0 Å². The molecule has 1 nitrogen and oxygen atoms in total. The molecule has 3 unspecified atom stereocenters. The highest BCUT2D eigenvalue weighted by Gasteiger charge is 2.33. The second-order valence-corrected chi connectivity index (χ2v) is 4.14. The van der Waals surface area contributed by atoms with E-state index in [2.05, 4.69) is 13.8 Å². The first-order valence-electron chi connectivity index (χ1n) is 4.25. The highest BCUT2D eigenvalue weighted by Crippen LogP contribution is 2.35. The first kappa shape index (κ1) is 8.06. The summed E-state index contributed by atoms with van der Waals surface area (Å²) in [7, 11) is 0. The Bertz CT molecular complexity index is 118. The van der Waals surface area contributed by atoms with Crippen LogP contribution in [0.25, 0.3) is 0 Å². The van der Waals surface area contributed by atoms with E-state index in [9.17, 15) is 5.11 Å². The van der Waals surface area contributed by atoms with Gasteiger partial charge in [-0.05, 0) is 38.0 Å². The molecule has 1 heteroatoms. The monoisotopic (exact) mass is 142 g/mol. The summed E-state index contributed by atoms with van der Waals surface area (Å²) in [6.45, 7) is 6.38. The lowest BCUT2D eigenvalue weighted by Gasteiger charge is -2.37. The summed E-state index contributed by atoms with van der Waals surface area (Å²) in [5, 5.41) is 9.76. The van der Waals surface area contributed by atoms with Crippen LogP contribution in [-0.2, 0) is 0 Å². The van der Waals surface area contributed by atoms with Gasteiger partial charge in [0.2, 0.25) is 0 Å². The van der Waals surface area contributed by atoms with Crippen LogP contribution < -0.4 is 0 Å². The number of hydrogen-bond acceptors (Lipinski definition) is 1. The molecule has 1 N–H and O–H groups in total. The molecule has 0 aliphatic heterocycles. The molecule has 60 valence electrons. The molecule has 1 aliphatic rings. The molecule has 0 aromatic carbocycles. The van der Waals surface area contributed by atoms with Crippen LogP contribution in [0.2, 0.25) is 0 Å². The minimum atomic E-state index is -0.382. The largest absolute Gasteiger partial charge is 0.390 e. The van der Waals surface area contributed by atoms with E-state index in [1.54, 1.807) is 0 Å². The molecule has 0 aromatic rings. The maximum atomic E-state index is 9.76. The second kappa shape index (κ2) is 2.54. The Hall–Kier alpha value is -0.0400. The Morgan fingerprint density at radius 2 is 2.00 bits per heavy atom. The van der Waals surface area contributed by atoms with Gasteiger partial charge in [-0.3, -0.25) is 0 Å². The van der Waals surface area contributed by atoms with Crippen molar-refractivity contribution in [1.82, 2.24) is 0 Å². The van der Waals surface area contributed by atoms with E-state index in [0.29, 0.717) is 5.92 Å².